The first-order chi connectivity index (χ1) is 10.7. The average molecular weight is 298 g/mol. The Kier molecular flexibility index (Phi) is 3.31. The van der Waals surface area contributed by atoms with Crippen molar-refractivity contribution >= 4 is 10.8 Å². The van der Waals surface area contributed by atoms with Crippen molar-refractivity contribution in [1.82, 2.24) is 9.88 Å². The Labute approximate surface area is 129 Å². The van der Waals surface area contributed by atoms with E-state index in [1.807, 2.05) is 30.5 Å². The highest BCUT2D eigenvalue weighted by atomic mass is 16.3. The first-order valence-electron chi connectivity index (χ1n) is 8.23. The molecule has 2 aromatic rings. The maximum absolute atomic E-state index is 11.9. The molecule has 1 aromatic heterocycles. The normalized spacial score (nSPS) is 24.5. The van der Waals surface area contributed by atoms with E-state index < -0.39 is 5.60 Å². The highest BCUT2D eigenvalue weighted by Crippen LogP contribution is 2.44. The Hall–Kier alpha value is -1.65. The fourth-order valence-electron chi connectivity index (χ4n) is 3.87. The van der Waals surface area contributed by atoms with E-state index in [9.17, 15) is 9.90 Å². The minimum absolute atomic E-state index is 0.0321. The number of likely N-dealkylation sites (tertiary alicyclic amines) is 1. The van der Waals surface area contributed by atoms with Crippen LogP contribution in [-0.4, -0.2) is 33.2 Å². The molecule has 0 spiro atoms. The summed E-state index contributed by atoms with van der Waals surface area (Å²) in [6.45, 7) is 1.82. The molecule has 4 nitrogen and oxygen atoms in total. The molecule has 116 valence electrons. The third kappa shape index (κ3) is 2.36. The van der Waals surface area contributed by atoms with Crippen molar-refractivity contribution < 1.29 is 5.11 Å². The van der Waals surface area contributed by atoms with E-state index in [1.54, 1.807) is 0 Å². The summed E-state index contributed by atoms with van der Waals surface area (Å²) in [6.07, 6.45) is 7.18. The van der Waals surface area contributed by atoms with Crippen LogP contribution in [0.3, 0.4) is 0 Å². The smallest absolute Gasteiger partial charge is 0.255 e. The van der Waals surface area contributed by atoms with Crippen molar-refractivity contribution in [2.45, 2.75) is 50.3 Å². The molecule has 1 unspecified atom stereocenters. The molecule has 0 amide bonds. The molecule has 1 saturated heterocycles. The van der Waals surface area contributed by atoms with Gasteiger partial charge >= 0.3 is 0 Å². The van der Waals surface area contributed by atoms with E-state index in [0.29, 0.717) is 0 Å². The lowest BCUT2D eigenvalue weighted by molar-refractivity contribution is 0.00390. The molecular weight excluding hydrogens is 276 g/mol. The number of H-pyrrole nitrogens is 1. The maximum Gasteiger partial charge on any atom is 0.255 e. The Morgan fingerprint density at radius 2 is 2.00 bits per heavy atom. The third-order valence-electron chi connectivity index (χ3n) is 5.26. The number of aliphatic hydroxyl groups is 1. The highest BCUT2D eigenvalue weighted by molar-refractivity contribution is 5.84. The summed E-state index contributed by atoms with van der Waals surface area (Å²) in [5.74, 6) is 0. The van der Waals surface area contributed by atoms with Crippen molar-refractivity contribution in [3.63, 3.8) is 0 Å². The minimum Gasteiger partial charge on any atom is -0.388 e. The monoisotopic (exact) mass is 298 g/mol. The van der Waals surface area contributed by atoms with Crippen molar-refractivity contribution in [2.24, 2.45) is 0 Å². The molecule has 0 radical (unpaired) electrons. The summed E-state index contributed by atoms with van der Waals surface area (Å²) in [4.78, 5) is 17.2. The standard InChI is InChI=1S/C18H22N2O2/c21-17-15-6-2-1-5-14(15)13(11-19-17)12-20-10-4-3-7-16(20)18(22)8-9-18/h1-2,5-6,11,16,22H,3-4,7-10,12H2,(H,19,21). The van der Waals surface area contributed by atoms with Gasteiger partial charge in [0.15, 0.2) is 0 Å². The number of benzene rings is 1. The van der Waals surface area contributed by atoms with Gasteiger partial charge in [0.25, 0.3) is 5.56 Å². The summed E-state index contributed by atoms with van der Waals surface area (Å²) in [6, 6.07) is 8.04. The number of aromatic nitrogens is 1. The SMILES string of the molecule is O=c1[nH]cc(CN2CCCCC2C2(O)CC2)c2ccccc12. The van der Waals surface area contributed by atoms with Crippen LogP contribution in [0.25, 0.3) is 10.8 Å². The van der Waals surface area contributed by atoms with Gasteiger partial charge in [-0.25, -0.2) is 0 Å². The maximum atomic E-state index is 11.9. The first kappa shape index (κ1) is 14.0. The Morgan fingerprint density at radius 3 is 2.77 bits per heavy atom. The molecule has 2 heterocycles. The highest BCUT2D eigenvalue weighted by Gasteiger charge is 2.50. The molecular formula is C18H22N2O2. The molecule has 4 rings (SSSR count). The molecule has 2 fully saturated rings. The van der Waals surface area contributed by atoms with Gasteiger partial charge in [-0.3, -0.25) is 9.69 Å². The van der Waals surface area contributed by atoms with Crippen LogP contribution in [0.4, 0.5) is 0 Å². The molecule has 22 heavy (non-hydrogen) atoms. The second-order valence-corrected chi connectivity index (χ2v) is 6.77. The Morgan fingerprint density at radius 1 is 1.23 bits per heavy atom. The van der Waals surface area contributed by atoms with Crippen LogP contribution in [0, 0.1) is 0 Å². The summed E-state index contributed by atoms with van der Waals surface area (Å²) in [5.41, 5.74) is 0.653. The second kappa shape index (κ2) is 5.21. The Bertz CT molecular complexity index is 748. The Balaban J connectivity index is 1.68. The van der Waals surface area contributed by atoms with Crippen LogP contribution in [0.15, 0.2) is 35.3 Å². The van der Waals surface area contributed by atoms with Gasteiger partial charge < -0.3 is 10.1 Å². The van der Waals surface area contributed by atoms with E-state index in [4.69, 9.17) is 0 Å². The van der Waals surface area contributed by atoms with Gasteiger partial charge in [-0.1, -0.05) is 24.6 Å². The quantitative estimate of drug-likeness (QED) is 0.915. The van der Waals surface area contributed by atoms with Crippen LogP contribution < -0.4 is 5.56 Å². The van der Waals surface area contributed by atoms with Crippen LogP contribution in [0.1, 0.15) is 37.7 Å². The van der Waals surface area contributed by atoms with Crippen LogP contribution >= 0.6 is 0 Å². The largest absolute Gasteiger partial charge is 0.388 e. The summed E-state index contributed by atoms with van der Waals surface area (Å²) < 4.78 is 0. The van der Waals surface area contributed by atoms with Crippen molar-refractivity contribution in [1.29, 1.82) is 0 Å². The van der Waals surface area contributed by atoms with Crippen LogP contribution in [-0.2, 0) is 6.54 Å². The lowest BCUT2D eigenvalue weighted by Crippen LogP contribution is -2.47. The number of hydrogen-bond acceptors (Lipinski definition) is 3. The number of hydrogen-bond donors (Lipinski definition) is 2. The molecule has 0 bridgehead atoms. The predicted molar refractivity (Wildman–Crippen MR) is 86.8 cm³/mol. The fraction of sp³-hybridized carbons (Fsp3) is 0.500. The van der Waals surface area contributed by atoms with Gasteiger partial charge in [0.2, 0.25) is 0 Å². The lowest BCUT2D eigenvalue weighted by Gasteiger charge is -2.39. The number of rotatable bonds is 3. The van der Waals surface area contributed by atoms with E-state index in [0.717, 1.165) is 48.7 Å². The van der Waals surface area contributed by atoms with Gasteiger partial charge in [-0.15, -0.1) is 0 Å². The number of pyridine rings is 1. The molecule has 1 saturated carbocycles. The van der Waals surface area contributed by atoms with Gasteiger partial charge in [0.05, 0.1) is 5.60 Å². The third-order valence-corrected chi connectivity index (χ3v) is 5.26. The summed E-state index contributed by atoms with van der Waals surface area (Å²) >= 11 is 0. The van der Waals surface area contributed by atoms with Crippen LogP contribution in [0.2, 0.25) is 0 Å². The number of aromatic amines is 1. The zero-order chi connectivity index (χ0) is 15.2. The summed E-state index contributed by atoms with van der Waals surface area (Å²) in [7, 11) is 0. The van der Waals surface area contributed by atoms with Crippen molar-refractivity contribution in [3.8, 4) is 0 Å². The van der Waals surface area contributed by atoms with Crippen LogP contribution in [0.5, 0.6) is 0 Å². The predicted octanol–water partition coefficient (Wildman–Crippen LogP) is 2.41. The molecule has 1 atom stereocenters. The molecule has 1 aliphatic carbocycles. The number of fused-ring (bicyclic) bond motifs is 1. The number of piperidine rings is 1. The molecule has 2 N–H and O–H groups in total. The van der Waals surface area contributed by atoms with Crippen molar-refractivity contribution in [3.05, 3.63) is 46.4 Å². The van der Waals surface area contributed by atoms with E-state index in [-0.39, 0.29) is 11.6 Å². The zero-order valence-electron chi connectivity index (χ0n) is 12.7. The fourth-order valence-corrected chi connectivity index (χ4v) is 3.87. The summed E-state index contributed by atoms with van der Waals surface area (Å²) in [5, 5.41) is 12.3. The first-order valence-corrected chi connectivity index (χ1v) is 8.23. The lowest BCUT2D eigenvalue weighted by atomic mass is 9.94. The minimum atomic E-state index is -0.460. The van der Waals surface area contributed by atoms with Gasteiger partial charge in [-0.05, 0) is 49.2 Å². The second-order valence-electron chi connectivity index (χ2n) is 6.77. The van der Waals surface area contributed by atoms with Gasteiger partial charge in [-0.2, -0.15) is 0 Å². The van der Waals surface area contributed by atoms with E-state index >= 15 is 0 Å². The topological polar surface area (TPSA) is 56.3 Å². The molecule has 4 heteroatoms. The average Bonchev–Trinajstić information content (AvgIpc) is 3.30. The molecule has 1 aromatic carbocycles. The van der Waals surface area contributed by atoms with E-state index in [2.05, 4.69) is 9.88 Å². The van der Waals surface area contributed by atoms with Gasteiger partial charge in [0.1, 0.15) is 0 Å². The number of nitrogens with zero attached hydrogens (tertiary/aromatic N) is 1. The van der Waals surface area contributed by atoms with Gasteiger partial charge in [0, 0.05) is 24.2 Å². The molecule has 1 aliphatic heterocycles. The molecule has 2 aliphatic rings. The van der Waals surface area contributed by atoms with Crippen molar-refractivity contribution in [2.75, 3.05) is 6.54 Å². The van der Waals surface area contributed by atoms with E-state index in [1.165, 1.54) is 12.8 Å². The zero-order valence-corrected chi connectivity index (χ0v) is 12.7. The number of nitrogens with one attached hydrogen (secondary N) is 1.